The molecule has 166 valence electrons. The van der Waals surface area contributed by atoms with Crippen molar-refractivity contribution in [3.8, 4) is 17.1 Å². The van der Waals surface area contributed by atoms with Crippen LogP contribution < -0.4 is 0 Å². The van der Waals surface area contributed by atoms with Crippen molar-refractivity contribution in [1.29, 1.82) is 0 Å². The van der Waals surface area contributed by atoms with Gasteiger partial charge in [0.2, 0.25) is 5.78 Å². The maximum absolute atomic E-state index is 13.2. The number of nitrogens with zero attached hydrogens (tertiary/aromatic N) is 5. The van der Waals surface area contributed by atoms with Crippen molar-refractivity contribution in [2.75, 3.05) is 0 Å². The number of benzene rings is 3. The van der Waals surface area contributed by atoms with Crippen molar-refractivity contribution in [3.05, 3.63) is 110 Å². The van der Waals surface area contributed by atoms with Gasteiger partial charge in [0.1, 0.15) is 17.0 Å². The fraction of sp³-hybridized carbons (Fsp3) is 0. The number of Topliss-reactive ketones (excluding diaryl/α,β-unsaturated/α-hetero) is 1. The van der Waals surface area contributed by atoms with Gasteiger partial charge in [-0.25, -0.2) is 0 Å². The normalized spacial score (nSPS) is 12.6. The molecule has 11 heteroatoms. The molecule has 1 N–H and O–H groups in total. The molecule has 0 atom stereocenters. The van der Waals surface area contributed by atoms with Crippen LogP contribution in [-0.2, 0) is 0 Å². The van der Waals surface area contributed by atoms with Crippen molar-refractivity contribution < 1.29 is 19.7 Å². The average Bonchev–Trinajstić information content (AvgIpc) is 3.38. The molecule has 1 aliphatic carbocycles. The summed E-state index contributed by atoms with van der Waals surface area (Å²) in [5.41, 5.74) is -0.257. The molecule has 0 amide bonds. The number of rotatable bonds is 5. The third kappa shape index (κ3) is 3.11. The number of ketones is 1. The second-order valence-corrected chi connectivity index (χ2v) is 7.33. The highest BCUT2D eigenvalue weighted by molar-refractivity contribution is 6.38. The maximum Gasteiger partial charge on any atom is 0.300 e. The molecule has 1 aromatic heterocycles. The zero-order valence-corrected chi connectivity index (χ0v) is 17.2. The lowest BCUT2D eigenvalue weighted by molar-refractivity contribution is -0.394. The highest BCUT2D eigenvalue weighted by atomic mass is 16.6. The van der Waals surface area contributed by atoms with Crippen LogP contribution in [0.5, 0.6) is 0 Å². The summed E-state index contributed by atoms with van der Waals surface area (Å²) in [5, 5.41) is 42.2. The second-order valence-electron chi connectivity index (χ2n) is 7.33. The topological polar surface area (TPSA) is 154 Å². The number of nitro groups is 2. The number of carbonyl (C=O) groups excluding carboxylic acids is 1. The number of carbonyl (C=O) groups is 1. The van der Waals surface area contributed by atoms with Crippen LogP contribution in [0.15, 0.2) is 72.8 Å². The van der Waals surface area contributed by atoms with Crippen LogP contribution in [0.25, 0.3) is 28.4 Å². The quantitative estimate of drug-likeness (QED) is 0.343. The lowest BCUT2D eigenvalue weighted by Crippen LogP contribution is -2.09. The van der Waals surface area contributed by atoms with E-state index < -0.39 is 27.0 Å². The SMILES string of the molecule is O=C1C(c2nnc(-c3ccccc3)n2-c2ccc([N+](=O)[O-])cc2[N+](=O)[O-])=C(O)c2ccccc21. The first-order chi connectivity index (χ1) is 16.4. The number of allylic oxidation sites excluding steroid dienone is 1. The molecule has 0 radical (unpaired) electrons. The number of hydrogen-bond donors (Lipinski definition) is 1. The number of aromatic nitrogens is 3. The van der Waals surface area contributed by atoms with Crippen molar-refractivity contribution in [3.63, 3.8) is 0 Å². The Morgan fingerprint density at radius 2 is 1.44 bits per heavy atom. The first-order valence-electron chi connectivity index (χ1n) is 9.90. The van der Waals surface area contributed by atoms with Gasteiger partial charge >= 0.3 is 0 Å². The predicted octanol–water partition coefficient (Wildman–Crippen LogP) is 4.37. The lowest BCUT2D eigenvalue weighted by atomic mass is 10.1. The molecular weight excluding hydrogens is 442 g/mol. The van der Waals surface area contributed by atoms with E-state index in [0.29, 0.717) is 11.1 Å². The van der Waals surface area contributed by atoms with Gasteiger partial charge in [0.05, 0.1) is 15.9 Å². The minimum Gasteiger partial charge on any atom is -0.506 e. The van der Waals surface area contributed by atoms with Crippen LogP contribution >= 0.6 is 0 Å². The summed E-state index contributed by atoms with van der Waals surface area (Å²) in [6.45, 7) is 0. The summed E-state index contributed by atoms with van der Waals surface area (Å²) in [6, 6.07) is 18.2. The molecule has 11 nitrogen and oxygen atoms in total. The van der Waals surface area contributed by atoms with Gasteiger partial charge < -0.3 is 5.11 Å². The minimum atomic E-state index is -0.764. The molecule has 0 fully saturated rings. The van der Waals surface area contributed by atoms with Crippen LogP contribution in [0.2, 0.25) is 0 Å². The van der Waals surface area contributed by atoms with Gasteiger partial charge in [-0.2, -0.15) is 0 Å². The maximum atomic E-state index is 13.2. The van der Waals surface area contributed by atoms with Crippen molar-refractivity contribution in [1.82, 2.24) is 14.8 Å². The number of aliphatic hydroxyl groups excluding tert-OH is 1. The van der Waals surface area contributed by atoms with E-state index in [9.17, 15) is 30.1 Å². The van der Waals surface area contributed by atoms with Crippen LogP contribution in [-0.4, -0.2) is 35.5 Å². The van der Waals surface area contributed by atoms with Crippen molar-refractivity contribution >= 4 is 28.5 Å². The molecule has 1 aliphatic rings. The molecule has 1 heterocycles. The number of fused-ring (bicyclic) bond motifs is 1. The van der Waals surface area contributed by atoms with E-state index >= 15 is 0 Å². The van der Waals surface area contributed by atoms with E-state index in [1.165, 1.54) is 10.6 Å². The van der Waals surface area contributed by atoms with Gasteiger partial charge in [-0.05, 0) is 6.07 Å². The van der Waals surface area contributed by atoms with Crippen LogP contribution in [0.3, 0.4) is 0 Å². The Balaban J connectivity index is 1.83. The van der Waals surface area contributed by atoms with E-state index in [2.05, 4.69) is 10.2 Å². The number of aliphatic hydroxyl groups is 1. The Bertz CT molecular complexity index is 1540. The zero-order chi connectivity index (χ0) is 24.0. The van der Waals surface area contributed by atoms with E-state index in [1.54, 1.807) is 54.6 Å². The molecule has 0 spiro atoms. The summed E-state index contributed by atoms with van der Waals surface area (Å²) in [4.78, 5) is 34.8. The molecule has 5 rings (SSSR count). The zero-order valence-electron chi connectivity index (χ0n) is 17.2. The molecule has 4 aromatic rings. The highest BCUT2D eigenvalue weighted by Gasteiger charge is 2.36. The third-order valence-corrected chi connectivity index (χ3v) is 5.42. The minimum absolute atomic E-state index is 0.0986. The summed E-state index contributed by atoms with van der Waals surface area (Å²) in [7, 11) is 0. The monoisotopic (exact) mass is 455 g/mol. The van der Waals surface area contributed by atoms with Crippen LogP contribution in [0.4, 0.5) is 11.4 Å². The summed E-state index contributed by atoms with van der Waals surface area (Å²) < 4.78 is 1.26. The van der Waals surface area contributed by atoms with E-state index in [1.807, 2.05) is 0 Å². The molecule has 0 bridgehead atoms. The molecule has 0 saturated carbocycles. The molecular formula is C23H13N5O6. The van der Waals surface area contributed by atoms with Crippen LogP contribution in [0.1, 0.15) is 21.7 Å². The number of non-ortho nitro benzene ring substituents is 1. The average molecular weight is 455 g/mol. The molecule has 0 unspecified atom stereocenters. The number of nitro benzene ring substituents is 2. The Morgan fingerprint density at radius 3 is 2.09 bits per heavy atom. The van der Waals surface area contributed by atoms with Crippen molar-refractivity contribution in [2.45, 2.75) is 0 Å². The standard InChI is InChI=1S/C23H13N5O6/c29-20-15-8-4-5-9-16(15)21(30)19(20)23-25-24-22(13-6-2-1-3-7-13)26(23)17-11-10-14(27(31)32)12-18(17)28(33)34/h1-12,29H. The fourth-order valence-corrected chi connectivity index (χ4v) is 3.88. The summed E-state index contributed by atoms with van der Waals surface area (Å²) >= 11 is 0. The first-order valence-corrected chi connectivity index (χ1v) is 9.90. The summed E-state index contributed by atoms with van der Waals surface area (Å²) in [6.07, 6.45) is 0. The third-order valence-electron chi connectivity index (χ3n) is 5.42. The summed E-state index contributed by atoms with van der Waals surface area (Å²) in [5.74, 6) is -0.838. The van der Waals surface area contributed by atoms with Gasteiger partial charge in [-0.1, -0.05) is 54.6 Å². The van der Waals surface area contributed by atoms with Crippen LogP contribution in [0, 0.1) is 20.2 Å². The second kappa shape index (κ2) is 7.74. The van der Waals surface area contributed by atoms with Gasteiger partial charge in [0.15, 0.2) is 11.6 Å². The Morgan fingerprint density at radius 1 is 0.794 bits per heavy atom. The fourth-order valence-electron chi connectivity index (χ4n) is 3.88. The lowest BCUT2D eigenvalue weighted by Gasteiger charge is -2.11. The molecule has 3 aromatic carbocycles. The highest BCUT2D eigenvalue weighted by Crippen LogP contribution is 2.39. The van der Waals surface area contributed by atoms with Crippen molar-refractivity contribution in [2.24, 2.45) is 0 Å². The Labute approximate surface area is 190 Å². The Kier molecular flexibility index (Phi) is 4.71. The molecule has 34 heavy (non-hydrogen) atoms. The van der Waals surface area contributed by atoms with Gasteiger partial charge in [0, 0.05) is 22.8 Å². The Hall–Kier alpha value is -5.19. The number of hydrogen-bond acceptors (Lipinski definition) is 8. The van der Waals surface area contributed by atoms with E-state index in [4.69, 9.17) is 0 Å². The van der Waals surface area contributed by atoms with Gasteiger partial charge in [-0.3, -0.25) is 29.6 Å². The molecule has 0 aliphatic heterocycles. The van der Waals surface area contributed by atoms with E-state index in [0.717, 1.165) is 12.1 Å². The van der Waals surface area contributed by atoms with E-state index in [-0.39, 0.29) is 34.2 Å². The van der Waals surface area contributed by atoms with Gasteiger partial charge in [0.25, 0.3) is 11.4 Å². The molecule has 0 saturated heterocycles. The largest absolute Gasteiger partial charge is 0.506 e. The van der Waals surface area contributed by atoms with Gasteiger partial charge in [-0.15, -0.1) is 10.2 Å². The first kappa shape index (κ1) is 20.7. The smallest absolute Gasteiger partial charge is 0.300 e. The predicted molar refractivity (Wildman–Crippen MR) is 120 cm³/mol.